The molecule has 0 aromatic heterocycles. The number of nitrogens with one attached hydrogen (secondary N) is 1. The Bertz CT molecular complexity index is 738. The minimum absolute atomic E-state index is 0.0855. The summed E-state index contributed by atoms with van der Waals surface area (Å²) >= 11 is 1.42. The van der Waals surface area contributed by atoms with Crippen LogP contribution in [0.2, 0.25) is 0 Å². The van der Waals surface area contributed by atoms with Crippen molar-refractivity contribution < 1.29 is 19.4 Å². The molecule has 146 valence electrons. The van der Waals surface area contributed by atoms with Crippen molar-refractivity contribution in [1.82, 2.24) is 5.32 Å². The van der Waals surface area contributed by atoms with E-state index in [1.165, 1.54) is 11.8 Å². The number of amides is 1. The van der Waals surface area contributed by atoms with Crippen molar-refractivity contribution >= 4 is 17.7 Å². The third kappa shape index (κ3) is 5.91. The molecule has 27 heavy (non-hydrogen) atoms. The van der Waals surface area contributed by atoms with Crippen LogP contribution in [0.4, 0.5) is 0 Å². The van der Waals surface area contributed by atoms with Gasteiger partial charge in [0.05, 0.1) is 31.6 Å². The minimum atomic E-state index is -0.595. The molecule has 3 atom stereocenters. The van der Waals surface area contributed by atoms with Crippen molar-refractivity contribution in [3.8, 4) is 11.5 Å². The van der Waals surface area contributed by atoms with Crippen molar-refractivity contribution in [2.24, 2.45) is 0 Å². The van der Waals surface area contributed by atoms with Crippen LogP contribution in [0.25, 0.3) is 0 Å². The predicted octanol–water partition coefficient (Wildman–Crippen LogP) is 3.74. The number of ether oxygens (including phenoxy) is 2. The number of hydrogen-bond donors (Lipinski definition) is 2. The maximum absolute atomic E-state index is 12.5. The largest absolute Gasteiger partial charge is 0.497 e. The lowest BCUT2D eigenvalue weighted by molar-refractivity contribution is -0.120. The van der Waals surface area contributed by atoms with Gasteiger partial charge in [0.25, 0.3) is 0 Å². The molecule has 2 aromatic carbocycles. The normalized spacial score (nSPS) is 14.1. The van der Waals surface area contributed by atoms with E-state index in [4.69, 9.17) is 9.47 Å². The zero-order chi connectivity index (χ0) is 19.8. The SMILES string of the molecule is COc1ccc(OC)c(C(C)NC(=O)C(C)SCC(O)c2ccccc2)c1. The van der Waals surface area contributed by atoms with E-state index in [1.807, 2.05) is 62.4 Å². The van der Waals surface area contributed by atoms with Crippen LogP contribution in [0.1, 0.15) is 37.1 Å². The second-order valence-electron chi connectivity index (χ2n) is 6.24. The summed E-state index contributed by atoms with van der Waals surface area (Å²) in [6.07, 6.45) is -0.595. The number of hydrogen-bond acceptors (Lipinski definition) is 5. The van der Waals surface area contributed by atoms with E-state index >= 15 is 0 Å². The molecule has 2 rings (SSSR count). The first-order valence-corrected chi connectivity index (χ1v) is 9.88. The molecule has 0 bridgehead atoms. The Hall–Kier alpha value is -2.18. The fourth-order valence-corrected chi connectivity index (χ4v) is 3.55. The van der Waals surface area contributed by atoms with Gasteiger partial charge in [0.1, 0.15) is 11.5 Å². The lowest BCUT2D eigenvalue weighted by Gasteiger charge is -2.21. The van der Waals surface area contributed by atoms with Gasteiger partial charge in [0.2, 0.25) is 5.91 Å². The van der Waals surface area contributed by atoms with Crippen LogP contribution in [-0.4, -0.2) is 36.2 Å². The van der Waals surface area contributed by atoms with Gasteiger partial charge in [0, 0.05) is 11.3 Å². The maximum Gasteiger partial charge on any atom is 0.233 e. The van der Waals surface area contributed by atoms with Gasteiger partial charge in [-0.3, -0.25) is 4.79 Å². The van der Waals surface area contributed by atoms with Gasteiger partial charge < -0.3 is 19.9 Å². The van der Waals surface area contributed by atoms with E-state index in [9.17, 15) is 9.90 Å². The summed E-state index contributed by atoms with van der Waals surface area (Å²) in [5.41, 5.74) is 1.71. The molecule has 2 aromatic rings. The van der Waals surface area contributed by atoms with Crippen LogP contribution < -0.4 is 14.8 Å². The molecule has 0 saturated heterocycles. The van der Waals surface area contributed by atoms with Crippen LogP contribution in [0, 0.1) is 0 Å². The summed E-state index contributed by atoms with van der Waals surface area (Å²) in [7, 11) is 3.20. The highest BCUT2D eigenvalue weighted by Gasteiger charge is 2.20. The van der Waals surface area contributed by atoms with E-state index in [-0.39, 0.29) is 17.2 Å². The highest BCUT2D eigenvalue weighted by Crippen LogP contribution is 2.29. The predicted molar refractivity (Wildman–Crippen MR) is 109 cm³/mol. The van der Waals surface area contributed by atoms with E-state index < -0.39 is 6.10 Å². The Morgan fingerprint density at radius 1 is 1.11 bits per heavy atom. The second kappa shape index (κ2) is 10.2. The Morgan fingerprint density at radius 3 is 2.44 bits per heavy atom. The van der Waals surface area contributed by atoms with Gasteiger partial charge in [-0.25, -0.2) is 0 Å². The topological polar surface area (TPSA) is 67.8 Å². The second-order valence-corrected chi connectivity index (χ2v) is 7.61. The molecule has 0 saturated carbocycles. The highest BCUT2D eigenvalue weighted by atomic mass is 32.2. The van der Waals surface area contributed by atoms with Crippen LogP contribution in [0.5, 0.6) is 11.5 Å². The lowest BCUT2D eigenvalue weighted by atomic mass is 10.1. The Balaban J connectivity index is 1.93. The first kappa shape index (κ1) is 21.1. The van der Waals surface area contributed by atoms with Gasteiger partial charge in [-0.2, -0.15) is 0 Å². The fraction of sp³-hybridized carbons (Fsp3) is 0.381. The molecule has 0 aliphatic rings. The van der Waals surface area contributed by atoms with Gasteiger partial charge >= 0.3 is 0 Å². The van der Waals surface area contributed by atoms with Crippen LogP contribution in [0.3, 0.4) is 0 Å². The minimum Gasteiger partial charge on any atom is -0.497 e. The molecule has 5 nitrogen and oxygen atoms in total. The van der Waals surface area contributed by atoms with Crippen molar-refractivity contribution in [2.45, 2.75) is 31.2 Å². The third-order valence-electron chi connectivity index (χ3n) is 4.32. The van der Waals surface area contributed by atoms with Gasteiger partial charge in [0.15, 0.2) is 0 Å². The number of benzene rings is 2. The van der Waals surface area contributed by atoms with Gasteiger partial charge in [-0.1, -0.05) is 30.3 Å². The summed E-state index contributed by atoms with van der Waals surface area (Å²) in [6, 6.07) is 14.7. The molecule has 6 heteroatoms. The molecule has 0 aliphatic heterocycles. The number of thioether (sulfide) groups is 1. The average molecular weight is 390 g/mol. The molecule has 0 heterocycles. The molecule has 1 amide bonds. The quantitative estimate of drug-likeness (QED) is 0.684. The fourth-order valence-electron chi connectivity index (χ4n) is 2.67. The first-order valence-electron chi connectivity index (χ1n) is 8.83. The Kier molecular flexibility index (Phi) is 8.00. The van der Waals surface area contributed by atoms with Crippen molar-refractivity contribution in [2.75, 3.05) is 20.0 Å². The molecule has 2 N–H and O–H groups in total. The Labute approximate surface area is 165 Å². The van der Waals surface area contributed by atoms with Crippen LogP contribution >= 0.6 is 11.8 Å². The zero-order valence-electron chi connectivity index (χ0n) is 16.1. The van der Waals surface area contributed by atoms with E-state index in [0.29, 0.717) is 17.3 Å². The summed E-state index contributed by atoms with van der Waals surface area (Å²) in [6.45, 7) is 3.75. The number of rotatable bonds is 9. The summed E-state index contributed by atoms with van der Waals surface area (Å²) in [5, 5.41) is 13.0. The molecule has 0 spiro atoms. The first-order chi connectivity index (χ1) is 13.0. The number of aliphatic hydroxyl groups is 1. The maximum atomic E-state index is 12.5. The molecular weight excluding hydrogens is 362 g/mol. The monoisotopic (exact) mass is 389 g/mol. The Morgan fingerprint density at radius 2 is 1.81 bits per heavy atom. The molecular formula is C21H27NO4S. The van der Waals surface area contributed by atoms with E-state index in [0.717, 1.165) is 11.1 Å². The number of methoxy groups -OCH3 is 2. The lowest BCUT2D eigenvalue weighted by Crippen LogP contribution is -2.33. The van der Waals surface area contributed by atoms with Gasteiger partial charge in [-0.15, -0.1) is 11.8 Å². The van der Waals surface area contributed by atoms with Crippen LogP contribution in [0.15, 0.2) is 48.5 Å². The van der Waals surface area contributed by atoms with Crippen LogP contribution in [-0.2, 0) is 4.79 Å². The summed E-state index contributed by atoms with van der Waals surface area (Å²) in [4.78, 5) is 12.5. The molecule has 3 unspecified atom stereocenters. The zero-order valence-corrected chi connectivity index (χ0v) is 17.0. The van der Waals surface area contributed by atoms with Crippen molar-refractivity contribution in [1.29, 1.82) is 0 Å². The number of carbonyl (C=O) groups excluding carboxylic acids is 1. The van der Waals surface area contributed by atoms with E-state index in [1.54, 1.807) is 14.2 Å². The summed E-state index contributed by atoms with van der Waals surface area (Å²) < 4.78 is 10.7. The smallest absolute Gasteiger partial charge is 0.233 e. The highest BCUT2D eigenvalue weighted by molar-refractivity contribution is 8.00. The van der Waals surface area contributed by atoms with Crippen molar-refractivity contribution in [3.63, 3.8) is 0 Å². The number of carbonyl (C=O) groups is 1. The average Bonchev–Trinajstić information content (AvgIpc) is 2.71. The molecule has 0 fully saturated rings. The third-order valence-corrected chi connectivity index (χ3v) is 5.54. The van der Waals surface area contributed by atoms with E-state index in [2.05, 4.69) is 5.32 Å². The van der Waals surface area contributed by atoms with Gasteiger partial charge in [-0.05, 0) is 37.6 Å². The summed E-state index contributed by atoms with van der Waals surface area (Å²) in [5.74, 6) is 1.77. The molecule has 0 aliphatic carbocycles. The van der Waals surface area contributed by atoms with Crippen molar-refractivity contribution in [3.05, 3.63) is 59.7 Å². The standard InChI is InChI=1S/C21H27NO4S/c1-14(18-12-17(25-3)10-11-20(18)26-4)22-21(24)15(2)27-13-19(23)16-8-6-5-7-9-16/h5-12,14-15,19,23H,13H2,1-4H3,(H,22,24). The number of aliphatic hydroxyl groups excluding tert-OH is 1. The molecule has 0 radical (unpaired) electrons.